The van der Waals surface area contributed by atoms with Crippen molar-refractivity contribution in [1.82, 2.24) is 4.90 Å². The van der Waals surface area contributed by atoms with Crippen LogP contribution >= 0.6 is 7.14 Å². The fourth-order valence-electron chi connectivity index (χ4n) is 4.37. The molecule has 0 aliphatic rings. The lowest BCUT2D eigenvalue weighted by molar-refractivity contribution is 0.0476. The van der Waals surface area contributed by atoms with Crippen molar-refractivity contribution in [3.8, 4) is 5.75 Å². The predicted octanol–water partition coefficient (Wildman–Crippen LogP) is 6.05. The van der Waals surface area contributed by atoms with Gasteiger partial charge in [0.15, 0.2) is 0 Å². The normalized spacial score (nSPS) is 14.5. The summed E-state index contributed by atoms with van der Waals surface area (Å²) in [5.74, 6) is 0.682. The SMILES string of the molecule is CCC(c1ccccc1)C(O)(c1ccccc1)c1ccc(OCCN(C)CCP(C)(C)=O)cc1. The van der Waals surface area contributed by atoms with Crippen molar-refractivity contribution in [2.75, 3.05) is 46.2 Å². The van der Waals surface area contributed by atoms with Crippen molar-refractivity contribution in [1.29, 1.82) is 0 Å². The molecule has 0 aromatic heterocycles. The summed E-state index contributed by atoms with van der Waals surface area (Å²) in [5.41, 5.74) is 1.68. The number of nitrogens with zero attached hydrogens (tertiary/aromatic N) is 1. The van der Waals surface area contributed by atoms with E-state index < -0.39 is 12.7 Å². The highest BCUT2D eigenvalue weighted by molar-refractivity contribution is 7.62. The topological polar surface area (TPSA) is 49.8 Å². The second kappa shape index (κ2) is 11.8. The van der Waals surface area contributed by atoms with Crippen molar-refractivity contribution in [3.63, 3.8) is 0 Å². The number of rotatable bonds is 12. The van der Waals surface area contributed by atoms with Crippen LogP contribution in [0, 0.1) is 0 Å². The van der Waals surface area contributed by atoms with Gasteiger partial charge in [0, 0.05) is 25.2 Å². The van der Waals surface area contributed by atoms with Crippen LogP contribution in [0.4, 0.5) is 0 Å². The van der Waals surface area contributed by atoms with Crippen molar-refractivity contribution in [3.05, 3.63) is 102 Å². The summed E-state index contributed by atoms with van der Waals surface area (Å²) in [4.78, 5) is 2.15. The van der Waals surface area contributed by atoms with E-state index in [1.165, 1.54) is 0 Å². The van der Waals surface area contributed by atoms with Crippen LogP contribution in [0.25, 0.3) is 0 Å². The molecule has 182 valence electrons. The van der Waals surface area contributed by atoms with E-state index in [-0.39, 0.29) is 5.92 Å². The van der Waals surface area contributed by atoms with E-state index in [9.17, 15) is 9.67 Å². The average molecular weight is 480 g/mol. The average Bonchev–Trinajstić information content (AvgIpc) is 2.84. The molecular weight excluding hydrogens is 441 g/mol. The summed E-state index contributed by atoms with van der Waals surface area (Å²) in [6, 6.07) is 28.0. The smallest absolute Gasteiger partial charge is 0.121 e. The quantitative estimate of drug-likeness (QED) is 0.321. The summed E-state index contributed by atoms with van der Waals surface area (Å²) in [6.45, 7) is 7.90. The third kappa shape index (κ3) is 6.82. The van der Waals surface area contributed by atoms with E-state index >= 15 is 0 Å². The predicted molar refractivity (Wildman–Crippen MR) is 143 cm³/mol. The fraction of sp³-hybridized carbons (Fsp3) is 0.379. The highest BCUT2D eigenvalue weighted by Gasteiger charge is 2.40. The Hall–Kier alpha value is -2.39. The molecule has 4 nitrogen and oxygen atoms in total. The van der Waals surface area contributed by atoms with Gasteiger partial charge in [-0.05, 0) is 55.6 Å². The molecule has 5 heteroatoms. The Labute approximate surface area is 205 Å². The molecule has 0 heterocycles. The Morgan fingerprint density at radius 1 is 0.882 bits per heavy atom. The molecule has 0 bridgehead atoms. The number of likely N-dealkylation sites (N-methyl/N-ethyl adjacent to an activating group) is 1. The Balaban J connectivity index is 1.77. The Morgan fingerprint density at radius 2 is 1.44 bits per heavy atom. The summed E-state index contributed by atoms with van der Waals surface area (Å²) in [6.07, 6.45) is 1.51. The maximum atomic E-state index is 12.3. The van der Waals surface area contributed by atoms with Crippen molar-refractivity contribution < 1.29 is 14.4 Å². The molecular formula is C29H38NO3P. The van der Waals surface area contributed by atoms with Gasteiger partial charge in [-0.1, -0.05) is 79.7 Å². The van der Waals surface area contributed by atoms with Gasteiger partial charge in [-0.25, -0.2) is 0 Å². The zero-order valence-corrected chi connectivity index (χ0v) is 21.7. The molecule has 0 aliphatic heterocycles. The first kappa shape index (κ1) is 26.2. The van der Waals surface area contributed by atoms with Crippen LogP contribution in [0.5, 0.6) is 5.75 Å². The molecule has 0 saturated heterocycles. The highest BCUT2D eigenvalue weighted by Crippen LogP contribution is 2.44. The lowest BCUT2D eigenvalue weighted by Crippen LogP contribution is -2.34. The Morgan fingerprint density at radius 3 is 2.00 bits per heavy atom. The monoisotopic (exact) mass is 479 g/mol. The molecule has 0 spiro atoms. The van der Waals surface area contributed by atoms with Gasteiger partial charge in [0.25, 0.3) is 0 Å². The number of benzene rings is 3. The third-order valence-electron chi connectivity index (χ3n) is 6.38. The van der Waals surface area contributed by atoms with E-state index in [1.807, 2.05) is 93.2 Å². The lowest BCUT2D eigenvalue weighted by Gasteiger charge is -2.37. The maximum Gasteiger partial charge on any atom is 0.121 e. The molecule has 0 radical (unpaired) electrons. The van der Waals surface area contributed by atoms with Crippen molar-refractivity contribution >= 4 is 7.14 Å². The van der Waals surface area contributed by atoms with Crippen LogP contribution in [0.3, 0.4) is 0 Å². The van der Waals surface area contributed by atoms with Crippen LogP contribution < -0.4 is 4.74 Å². The van der Waals surface area contributed by atoms with E-state index in [0.29, 0.717) is 6.61 Å². The molecule has 0 saturated carbocycles. The first-order valence-corrected chi connectivity index (χ1v) is 14.8. The summed E-state index contributed by atoms with van der Waals surface area (Å²) in [5, 5.41) is 12.3. The second-order valence-electron chi connectivity index (χ2n) is 9.48. The van der Waals surface area contributed by atoms with Crippen LogP contribution in [-0.4, -0.2) is 56.2 Å². The summed E-state index contributed by atoms with van der Waals surface area (Å²) >= 11 is 0. The van der Waals surface area contributed by atoms with Gasteiger partial charge in [0.2, 0.25) is 0 Å². The molecule has 0 amide bonds. The zero-order valence-electron chi connectivity index (χ0n) is 20.9. The second-order valence-corrected chi connectivity index (χ2v) is 13.1. The highest BCUT2D eigenvalue weighted by atomic mass is 31.2. The number of hydrogen-bond acceptors (Lipinski definition) is 4. The molecule has 2 unspecified atom stereocenters. The molecule has 3 aromatic carbocycles. The molecule has 0 aliphatic carbocycles. The van der Waals surface area contributed by atoms with E-state index in [1.54, 1.807) is 0 Å². The van der Waals surface area contributed by atoms with Gasteiger partial charge in [0.05, 0.1) is 7.14 Å². The Kier molecular flexibility index (Phi) is 9.13. The van der Waals surface area contributed by atoms with Gasteiger partial charge in [0.1, 0.15) is 18.0 Å². The van der Waals surface area contributed by atoms with Crippen LogP contribution in [0.2, 0.25) is 0 Å². The van der Waals surface area contributed by atoms with Crippen molar-refractivity contribution in [2.45, 2.75) is 24.9 Å². The third-order valence-corrected chi connectivity index (χ3v) is 7.66. The van der Waals surface area contributed by atoms with Gasteiger partial charge in [-0.2, -0.15) is 0 Å². The number of hydrogen-bond donors (Lipinski definition) is 1. The van der Waals surface area contributed by atoms with Gasteiger partial charge >= 0.3 is 0 Å². The number of ether oxygens (including phenoxy) is 1. The summed E-state index contributed by atoms with van der Waals surface area (Å²) in [7, 11) is 0.0280. The zero-order chi connectivity index (χ0) is 24.6. The van der Waals surface area contributed by atoms with Gasteiger partial charge in [-0.3, -0.25) is 0 Å². The van der Waals surface area contributed by atoms with E-state index in [4.69, 9.17) is 4.74 Å². The molecule has 34 heavy (non-hydrogen) atoms. The van der Waals surface area contributed by atoms with E-state index in [2.05, 4.69) is 24.0 Å². The molecule has 3 rings (SSSR count). The molecule has 1 N–H and O–H groups in total. The molecule has 2 atom stereocenters. The first-order chi connectivity index (χ1) is 16.2. The van der Waals surface area contributed by atoms with E-state index in [0.717, 1.165) is 48.1 Å². The minimum Gasteiger partial charge on any atom is -0.492 e. The number of aliphatic hydroxyl groups is 1. The fourth-order valence-corrected chi connectivity index (χ4v) is 5.19. The largest absolute Gasteiger partial charge is 0.492 e. The lowest BCUT2D eigenvalue weighted by atomic mass is 9.72. The standard InChI is InChI=1S/C29H38NO3P/c1-5-28(24-12-8-6-9-13-24)29(31,25-14-10-7-11-15-25)26-16-18-27(19-17-26)33-22-20-30(2)21-23-34(3,4)32/h6-19,28,31H,5,20-23H2,1-4H3. The minimum absolute atomic E-state index is 0.0929. The van der Waals surface area contributed by atoms with Crippen LogP contribution in [-0.2, 0) is 10.2 Å². The molecule has 3 aromatic rings. The maximum absolute atomic E-state index is 12.3. The molecule has 0 fully saturated rings. The minimum atomic E-state index is -2.00. The van der Waals surface area contributed by atoms with Crippen LogP contribution in [0.15, 0.2) is 84.9 Å². The Bertz CT molecular complexity index is 1050. The van der Waals surface area contributed by atoms with Gasteiger partial charge < -0.3 is 19.3 Å². The summed E-state index contributed by atoms with van der Waals surface area (Å²) < 4.78 is 17.9. The first-order valence-electron chi connectivity index (χ1n) is 12.0. The van der Waals surface area contributed by atoms with Crippen LogP contribution in [0.1, 0.15) is 36.0 Å². The van der Waals surface area contributed by atoms with Crippen molar-refractivity contribution in [2.24, 2.45) is 0 Å². The van der Waals surface area contributed by atoms with Gasteiger partial charge in [-0.15, -0.1) is 0 Å².